The zero-order valence-corrected chi connectivity index (χ0v) is 15.1. The van der Waals surface area contributed by atoms with E-state index >= 15 is 0 Å². The second kappa shape index (κ2) is 7.79. The molecule has 1 saturated heterocycles. The van der Waals surface area contributed by atoms with E-state index in [1.165, 1.54) is 5.56 Å². The number of nitrogens with zero attached hydrogens (tertiary/aromatic N) is 2. The summed E-state index contributed by atoms with van der Waals surface area (Å²) in [4.78, 5) is 18.9. The minimum atomic E-state index is 0.193. The minimum absolute atomic E-state index is 0.193. The second-order valence-electron chi connectivity index (χ2n) is 6.57. The van der Waals surface area contributed by atoms with Crippen LogP contribution in [0, 0.1) is 12.8 Å². The maximum atomic E-state index is 12.4. The van der Waals surface area contributed by atoms with E-state index in [0.29, 0.717) is 13.0 Å². The number of thiazole rings is 1. The molecular formula is C19H24N2O2S. The summed E-state index contributed by atoms with van der Waals surface area (Å²) in [6.45, 7) is 6.52. The van der Waals surface area contributed by atoms with Crippen molar-refractivity contribution in [2.24, 2.45) is 5.92 Å². The van der Waals surface area contributed by atoms with Gasteiger partial charge in [-0.05, 0) is 37.8 Å². The molecule has 24 heavy (non-hydrogen) atoms. The van der Waals surface area contributed by atoms with Crippen molar-refractivity contribution in [2.45, 2.75) is 39.7 Å². The number of rotatable bonds is 5. The highest BCUT2D eigenvalue weighted by Crippen LogP contribution is 2.19. The molecule has 0 aliphatic carbocycles. The third kappa shape index (κ3) is 4.57. The molecule has 1 aromatic heterocycles. The lowest BCUT2D eigenvalue weighted by Crippen LogP contribution is -2.38. The zero-order valence-electron chi connectivity index (χ0n) is 14.3. The number of benzene rings is 1. The number of likely N-dealkylation sites (tertiary alicyclic amines) is 1. The van der Waals surface area contributed by atoms with Gasteiger partial charge in [-0.25, -0.2) is 4.98 Å². The van der Waals surface area contributed by atoms with E-state index in [-0.39, 0.29) is 5.91 Å². The van der Waals surface area contributed by atoms with Crippen LogP contribution in [0.5, 0.6) is 5.75 Å². The van der Waals surface area contributed by atoms with Crippen LogP contribution in [0.15, 0.2) is 29.6 Å². The molecule has 2 heterocycles. The van der Waals surface area contributed by atoms with Gasteiger partial charge < -0.3 is 9.64 Å². The molecule has 0 atom stereocenters. The van der Waals surface area contributed by atoms with Crippen molar-refractivity contribution in [3.63, 3.8) is 0 Å². The third-order valence-corrected chi connectivity index (χ3v) is 5.32. The average Bonchev–Trinajstić information content (AvgIpc) is 3.02. The maximum Gasteiger partial charge on any atom is 0.228 e. The van der Waals surface area contributed by atoms with E-state index in [1.54, 1.807) is 11.3 Å². The number of amides is 1. The number of piperidine rings is 1. The van der Waals surface area contributed by atoms with Gasteiger partial charge in [0, 0.05) is 18.5 Å². The van der Waals surface area contributed by atoms with Crippen molar-refractivity contribution in [3.05, 3.63) is 45.9 Å². The first-order valence-electron chi connectivity index (χ1n) is 8.50. The smallest absolute Gasteiger partial charge is 0.228 e. The Labute approximate surface area is 147 Å². The van der Waals surface area contributed by atoms with Crippen LogP contribution in [0.3, 0.4) is 0 Å². The van der Waals surface area contributed by atoms with Gasteiger partial charge in [0.2, 0.25) is 5.91 Å². The van der Waals surface area contributed by atoms with Crippen molar-refractivity contribution >= 4 is 17.2 Å². The van der Waals surface area contributed by atoms with Crippen LogP contribution < -0.4 is 4.74 Å². The molecule has 5 heteroatoms. The molecule has 3 rings (SSSR count). The maximum absolute atomic E-state index is 12.4. The van der Waals surface area contributed by atoms with Gasteiger partial charge in [0.1, 0.15) is 17.4 Å². The number of aromatic nitrogens is 1. The van der Waals surface area contributed by atoms with Crippen LogP contribution in [-0.2, 0) is 17.8 Å². The van der Waals surface area contributed by atoms with Gasteiger partial charge >= 0.3 is 0 Å². The van der Waals surface area contributed by atoms with Gasteiger partial charge in [-0.3, -0.25) is 4.79 Å². The number of hydrogen-bond acceptors (Lipinski definition) is 4. The summed E-state index contributed by atoms with van der Waals surface area (Å²) in [7, 11) is 0. The third-order valence-electron chi connectivity index (χ3n) is 4.45. The normalized spacial score (nSPS) is 15.5. The average molecular weight is 344 g/mol. The number of ether oxygens (including phenoxy) is 1. The topological polar surface area (TPSA) is 42.4 Å². The van der Waals surface area contributed by atoms with Crippen molar-refractivity contribution in [3.8, 4) is 5.75 Å². The molecule has 0 saturated carbocycles. The number of hydrogen-bond donors (Lipinski definition) is 0. The van der Waals surface area contributed by atoms with Crippen LogP contribution in [-0.4, -0.2) is 28.9 Å². The molecule has 0 N–H and O–H groups in total. The summed E-state index contributed by atoms with van der Waals surface area (Å²) in [6.07, 6.45) is 2.62. The molecule has 128 valence electrons. The summed E-state index contributed by atoms with van der Waals surface area (Å²) >= 11 is 1.55. The Hall–Kier alpha value is -1.88. The van der Waals surface area contributed by atoms with Crippen molar-refractivity contribution < 1.29 is 9.53 Å². The van der Waals surface area contributed by atoms with Gasteiger partial charge in [-0.2, -0.15) is 0 Å². The monoisotopic (exact) mass is 344 g/mol. The predicted octanol–water partition coefficient (Wildman–Crippen LogP) is 3.83. The quantitative estimate of drug-likeness (QED) is 0.828. The van der Waals surface area contributed by atoms with E-state index in [0.717, 1.165) is 48.3 Å². The molecule has 0 unspecified atom stereocenters. The van der Waals surface area contributed by atoms with E-state index < -0.39 is 0 Å². The fourth-order valence-electron chi connectivity index (χ4n) is 2.80. The molecule has 1 aliphatic rings. The van der Waals surface area contributed by atoms with Gasteiger partial charge in [-0.15, -0.1) is 11.3 Å². The highest BCUT2D eigenvalue weighted by molar-refractivity contribution is 7.09. The number of aryl methyl sites for hydroxylation is 1. The summed E-state index contributed by atoms with van der Waals surface area (Å²) < 4.78 is 5.75. The standard InChI is InChI=1S/C19H24N2O2S/c1-14-3-5-17(6-4-14)23-12-18-20-16(13-24-18)11-19(22)21-9-7-15(2)8-10-21/h3-6,13,15H,7-12H2,1-2H3. The first kappa shape index (κ1) is 17.0. The number of carbonyl (C=O) groups excluding carboxylic acids is 1. The number of carbonyl (C=O) groups is 1. The van der Waals surface area contributed by atoms with E-state index in [9.17, 15) is 4.79 Å². The molecule has 0 spiro atoms. The Morgan fingerprint density at radius 1 is 1.29 bits per heavy atom. The first-order valence-corrected chi connectivity index (χ1v) is 9.38. The van der Waals surface area contributed by atoms with Crippen LogP contribution in [0.25, 0.3) is 0 Å². The summed E-state index contributed by atoms with van der Waals surface area (Å²) in [5.74, 6) is 1.77. The molecule has 0 radical (unpaired) electrons. The van der Waals surface area contributed by atoms with Gasteiger partial charge in [0.25, 0.3) is 0 Å². The second-order valence-corrected chi connectivity index (χ2v) is 7.52. The van der Waals surface area contributed by atoms with Gasteiger partial charge in [0.05, 0.1) is 12.1 Å². The predicted molar refractivity (Wildman–Crippen MR) is 96.3 cm³/mol. The lowest BCUT2D eigenvalue weighted by Gasteiger charge is -2.30. The van der Waals surface area contributed by atoms with E-state index in [2.05, 4.69) is 18.8 Å². The lowest BCUT2D eigenvalue weighted by molar-refractivity contribution is -0.131. The Morgan fingerprint density at radius 2 is 2.00 bits per heavy atom. The lowest BCUT2D eigenvalue weighted by atomic mass is 9.99. The Balaban J connectivity index is 1.50. The van der Waals surface area contributed by atoms with Crippen LogP contribution in [0.1, 0.15) is 36.0 Å². The van der Waals surface area contributed by atoms with E-state index in [4.69, 9.17) is 4.74 Å². The summed E-state index contributed by atoms with van der Waals surface area (Å²) in [6, 6.07) is 7.98. The minimum Gasteiger partial charge on any atom is -0.486 e. The molecule has 2 aromatic rings. The van der Waals surface area contributed by atoms with Crippen molar-refractivity contribution in [1.29, 1.82) is 0 Å². The van der Waals surface area contributed by atoms with Gasteiger partial charge in [-0.1, -0.05) is 24.6 Å². The van der Waals surface area contributed by atoms with Crippen LogP contribution >= 0.6 is 11.3 Å². The molecule has 1 aromatic carbocycles. The van der Waals surface area contributed by atoms with Crippen molar-refractivity contribution in [2.75, 3.05) is 13.1 Å². The molecule has 0 bridgehead atoms. The Bertz CT molecular complexity index is 673. The highest BCUT2D eigenvalue weighted by Gasteiger charge is 2.21. The fourth-order valence-corrected chi connectivity index (χ4v) is 3.51. The van der Waals surface area contributed by atoms with E-state index in [1.807, 2.05) is 34.5 Å². The molecule has 1 fully saturated rings. The summed E-state index contributed by atoms with van der Waals surface area (Å²) in [5, 5.41) is 2.88. The van der Waals surface area contributed by atoms with Crippen LogP contribution in [0.4, 0.5) is 0 Å². The van der Waals surface area contributed by atoms with Crippen molar-refractivity contribution in [1.82, 2.24) is 9.88 Å². The SMILES string of the molecule is Cc1ccc(OCc2nc(CC(=O)N3CCC(C)CC3)cs2)cc1. The molecule has 1 aliphatic heterocycles. The molecule has 1 amide bonds. The zero-order chi connectivity index (χ0) is 16.9. The largest absolute Gasteiger partial charge is 0.486 e. The Kier molecular flexibility index (Phi) is 5.51. The highest BCUT2D eigenvalue weighted by atomic mass is 32.1. The fraction of sp³-hybridized carbons (Fsp3) is 0.474. The molecule has 4 nitrogen and oxygen atoms in total. The first-order chi connectivity index (χ1) is 11.6. The molecular weight excluding hydrogens is 320 g/mol. The van der Waals surface area contributed by atoms with Gasteiger partial charge in [0.15, 0.2) is 0 Å². The van der Waals surface area contributed by atoms with Crippen LogP contribution in [0.2, 0.25) is 0 Å². The summed E-state index contributed by atoms with van der Waals surface area (Å²) in [5.41, 5.74) is 2.07. The Morgan fingerprint density at radius 3 is 2.71 bits per heavy atom.